The molecule has 198 valence electrons. The van der Waals surface area contributed by atoms with Crippen molar-refractivity contribution in [2.45, 2.75) is 62.8 Å². The maximum atomic E-state index is 12.9. The fourth-order valence-corrected chi connectivity index (χ4v) is 5.93. The number of halogens is 3. The van der Waals surface area contributed by atoms with Crippen LogP contribution in [0.15, 0.2) is 47.2 Å². The van der Waals surface area contributed by atoms with Crippen LogP contribution in [0.4, 0.5) is 13.2 Å². The van der Waals surface area contributed by atoms with Gasteiger partial charge in [-0.3, -0.25) is 4.98 Å². The molecule has 0 amide bonds. The third-order valence-corrected chi connectivity index (χ3v) is 7.79. The number of aliphatic hydroxyl groups is 2. The summed E-state index contributed by atoms with van der Waals surface area (Å²) in [5.74, 6) is 0.974. The van der Waals surface area contributed by atoms with Gasteiger partial charge < -0.3 is 19.6 Å². The number of nitrogens with zero attached hydrogens (tertiary/aromatic N) is 4. The summed E-state index contributed by atoms with van der Waals surface area (Å²) in [4.78, 5) is 11.0. The number of hydrogen-bond acceptors (Lipinski definition) is 7. The predicted molar refractivity (Wildman–Crippen MR) is 130 cm³/mol. The van der Waals surface area contributed by atoms with Crippen molar-refractivity contribution in [3.63, 3.8) is 0 Å². The normalized spacial score (nSPS) is 23.9. The molecule has 2 N–H and O–H groups in total. The van der Waals surface area contributed by atoms with Crippen LogP contribution < -0.4 is 0 Å². The average Bonchev–Trinajstić information content (AvgIpc) is 3.33. The van der Waals surface area contributed by atoms with Crippen LogP contribution in [0.2, 0.25) is 0 Å². The van der Waals surface area contributed by atoms with E-state index in [-0.39, 0.29) is 17.6 Å². The molecule has 1 aromatic carbocycles. The second-order valence-corrected chi connectivity index (χ2v) is 10.9. The molecule has 2 fully saturated rings. The Morgan fingerprint density at radius 3 is 2.35 bits per heavy atom. The summed E-state index contributed by atoms with van der Waals surface area (Å²) in [6.45, 7) is 3.16. The monoisotopic (exact) mass is 516 g/mol. The minimum Gasteiger partial charge on any atom is -0.393 e. The Morgan fingerprint density at radius 2 is 1.73 bits per heavy atom. The molecule has 2 aromatic heterocycles. The highest BCUT2D eigenvalue weighted by Gasteiger charge is 2.55. The second-order valence-electron chi connectivity index (χ2n) is 10.9. The fraction of sp³-hybridized carbons (Fsp3) is 0.519. The van der Waals surface area contributed by atoms with E-state index in [2.05, 4.69) is 20.0 Å². The first kappa shape index (κ1) is 25.8. The molecular weight excluding hydrogens is 485 g/mol. The van der Waals surface area contributed by atoms with E-state index in [0.29, 0.717) is 54.3 Å². The number of likely N-dealkylation sites (tertiary alicyclic amines) is 1. The van der Waals surface area contributed by atoms with Crippen molar-refractivity contribution in [3.8, 4) is 11.4 Å². The van der Waals surface area contributed by atoms with Gasteiger partial charge in [-0.2, -0.15) is 18.2 Å². The maximum absolute atomic E-state index is 12.9. The second kappa shape index (κ2) is 9.49. The molecule has 37 heavy (non-hydrogen) atoms. The molecule has 1 atom stereocenters. The maximum Gasteiger partial charge on any atom is 0.393 e. The van der Waals surface area contributed by atoms with Crippen molar-refractivity contribution < 1.29 is 27.9 Å². The van der Waals surface area contributed by atoms with Crippen LogP contribution in [0.1, 0.15) is 61.1 Å². The first-order chi connectivity index (χ1) is 17.5. The molecule has 0 unspecified atom stereocenters. The molecular formula is C27H31F3N4O3. The van der Waals surface area contributed by atoms with Gasteiger partial charge in [-0.05, 0) is 49.9 Å². The van der Waals surface area contributed by atoms with Crippen LogP contribution in [-0.2, 0) is 12.0 Å². The van der Waals surface area contributed by atoms with E-state index in [9.17, 15) is 23.4 Å². The molecule has 3 aromatic rings. The quantitative estimate of drug-likeness (QED) is 0.500. The smallest absolute Gasteiger partial charge is 0.393 e. The van der Waals surface area contributed by atoms with E-state index in [0.717, 1.165) is 12.8 Å². The van der Waals surface area contributed by atoms with E-state index in [4.69, 9.17) is 4.52 Å². The highest BCUT2D eigenvalue weighted by molar-refractivity contribution is 5.56. The van der Waals surface area contributed by atoms with Crippen molar-refractivity contribution in [2.75, 3.05) is 20.1 Å². The van der Waals surface area contributed by atoms with Gasteiger partial charge >= 0.3 is 6.18 Å². The topological polar surface area (TPSA) is 95.5 Å². The fourth-order valence-electron chi connectivity index (χ4n) is 5.93. The van der Waals surface area contributed by atoms with E-state index in [1.807, 2.05) is 14.0 Å². The van der Waals surface area contributed by atoms with Crippen LogP contribution in [0.3, 0.4) is 0 Å². The first-order valence-electron chi connectivity index (χ1n) is 12.5. The Hall–Kier alpha value is -2.82. The molecule has 1 saturated carbocycles. The Labute approximate surface area is 213 Å². The molecule has 7 nitrogen and oxygen atoms in total. The molecule has 1 aliphatic heterocycles. The number of aliphatic hydroxyl groups excluding tert-OH is 1. The SMILES string of the molecule is CN1CC(C)([C@](O)(c2ccc(CC(F)(F)F)cc2)c2cncc(-c3noc(C4CCC(O)CC4)n3)c2)C1. The molecule has 10 heteroatoms. The zero-order valence-electron chi connectivity index (χ0n) is 20.9. The summed E-state index contributed by atoms with van der Waals surface area (Å²) in [7, 11) is 1.95. The summed E-state index contributed by atoms with van der Waals surface area (Å²) in [6.07, 6.45) is 0.510. The highest BCUT2D eigenvalue weighted by atomic mass is 19.4. The lowest BCUT2D eigenvalue weighted by molar-refractivity contribution is -0.128. The molecule has 5 rings (SSSR count). The third kappa shape index (κ3) is 5.02. The molecule has 1 aliphatic carbocycles. The first-order valence-corrected chi connectivity index (χ1v) is 12.5. The van der Waals surface area contributed by atoms with Gasteiger partial charge in [0.05, 0.1) is 12.5 Å². The molecule has 1 saturated heterocycles. The molecule has 0 spiro atoms. The largest absolute Gasteiger partial charge is 0.393 e. The van der Waals surface area contributed by atoms with Gasteiger partial charge in [-0.15, -0.1) is 0 Å². The number of hydrogen-bond donors (Lipinski definition) is 2. The van der Waals surface area contributed by atoms with Crippen molar-refractivity contribution in [1.82, 2.24) is 20.0 Å². The summed E-state index contributed by atoms with van der Waals surface area (Å²) in [5.41, 5.74) is -0.383. The van der Waals surface area contributed by atoms with Crippen molar-refractivity contribution in [1.29, 1.82) is 0 Å². The molecule has 2 aliphatic rings. The van der Waals surface area contributed by atoms with Crippen LogP contribution in [0.5, 0.6) is 0 Å². The van der Waals surface area contributed by atoms with Crippen molar-refractivity contribution in [2.24, 2.45) is 5.41 Å². The number of benzene rings is 1. The summed E-state index contributed by atoms with van der Waals surface area (Å²) < 4.78 is 44.2. The Kier molecular flexibility index (Phi) is 6.62. The van der Waals surface area contributed by atoms with Gasteiger partial charge in [0, 0.05) is 47.9 Å². The number of pyridine rings is 1. The van der Waals surface area contributed by atoms with Crippen LogP contribution in [0.25, 0.3) is 11.4 Å². The van der Waals surface area contributed by atoms with Crippen LogP contribution in [-0.4, -0.2) is 62.7 Å². The lowest BCUT2D eigenvalue weighted by atomic mass is 9.62. The van der Waals surface area contributed by atoms with Gasteiger partial charge in [0.1, 0.15) is 5.60 Å². The predicted octanol–water partition coefficient (Wildman–Crippen LogP) is 4.44. The Balaban J connectivity index is 1.48. The van der Waals surface area contributed by atoms with E-state index >= 15 is 0 Å². The molecule has 3 heterocycles. The van der Waals surface area contributed by atoms with Gasteiger partial charge in [0.2, 0.25) is 11.7 Å². The average molecular weight is 517 g/mol. The van der Waals surface area contributed by atoms with E-state index in [1.54, 1.807) is 30.6 Å². The van der Waals surface area contributed by atoms with Crippen LogP contribution >= 0.6 is 0 Å². The highest BCUT2D eigenvalue weighted by Crippen LogP contribution is 2.50. The lowest BCUT2D eigenvalue weighted by Crippen LogP contribution is -2.63. The molecule has 0 bridgehead atoms. The third-order valence-electron chi connectivity index (χ3n) is 7.79. The zero-order valence-corrected chi connectivity index (χ0v) is 20.9. The van der Waals surface area contributed by atoms with Crippen molar-refractivity contribution in [3.05, 3.63) is 65.3 Å². The van der Waals surface area contributed by atoms with Gasteiger partial charge in [0.15, 0.2) is 0 Å². The van der Waals surface area contributed by atoms with E-state index < -0.39 is 23.6 Å². The zero-order chi connectivity index (χ0) is 26.4. The number of rotatable bonds is 6. The summed E-state index contributed by atoms with van der Waals surface area (Å²) in [6, 6.07) is 7.76. The van der Waals surface area contributed by atoms with Crippen molar-refractivity contribution >= 4 is 0 Å². The van der Waals surface area contributed by atoms with E-state index in [1.165, 1.54) is 12.1 Å². The minimum atomic E-state index is -4.31. The standard InChI is InChI=1S/C27H31F3N4O3/c1-25(15-34(2)16-25)27(36,20-7-3-17(4-8-20)12-26(28,29)30)21-11-19(13-31-14-21)23-32-24(37-33-23)18-5-9-22(35)10-6-18/h3-4,7-8,11,13-14,18,22,35-36H,5-6,9-10,12,15-16H2,1-2H3/t18?,22?,27-/m0/s1. The number of alkyl halides is 3. The minimum absolute atomic E-state index is 0.0948. The van der Waals surface area contributed by atoms with Crippen LogP contribution in [0, 0.1) is 5.41 Å². The summed E-state index contributed by atoms with van der Waals surface area (Å²) in [5, 5.41) is 26.2. The Bertz CT molecular complexity index is 1230. The Morgan fingerprint density at radius 1 is 1.05 bits per heavy atom. The van der Waals surface area contributed by atoms with Gasteiger partial charge in [0.25, 0.3) is 0 Å². The summed E-state index contributed by atoms with van der Waals surface area (Å²) >= 11 is 0. The lowest BCUT2D eigenvalue weighted by Gasteiger charge is -2.55. The number of aromatic nitrogens is 3. The molecule has 0 radical (unpaired) electrons. The van der Waals surface area contributed by atoms with Gasteiger partial charge in [-0.25, -0.2) is 0 Å². The van der Waals surface area contributed by atoms with Gasteiger partial charge in [-0.1, -0.05) is 36.3 Å².